The van der Waals surface area contributed by atoms with Crippen molar-refractivity contribution in [1.29, 1.82) is 0 Å². The van der Waals surface area contributed by atoms with Gasteiger partial charge >= 0.3 is 0 Å². The second kappa shape index (κ2) is 6.22. The molecule has 2 aromatic carbocycles. The van der Waals surface area contributed by atoms with Crippen LogP contribution in [0.1, 0.15) is 67.1 Å². The fourth-order valence-corrected chi connectivity index (χ4v) is 4.09. The van der Waals surface area contributed by atoms with E-state index in [1.54, 1.807) is 0 Å². The Labute approximate surface area is 160 Å². The molecule has 0 radical (unpaired) electrons. The number of hydrogen-bond donors (Lipinski definition) is 1. The molecule has 2 aliphatic rings. The van der Waals surface area contributed by atoms with Gasteiger partial charge in [0.2, 0.25) is 5.91 Å². The molecule has 0 saturated carbocycles. The van der Waals surface area contributed by atoms with Crippen LogP contribution in [-0.2, 0) is 16.6 Å². The maximum Gasteiger partial charge on any atom is 0.255 e. The number of carbonyl (C=O) groups is 2. The van der Waals surface area contributed by atoms with Crippen LogP contribution in [0.2, 0.25) is 0 Å². The summed E-state index contributed by atoms with van der Waals surface area (Å²) in [6.45, 7) is 9.22. The van der Waals surface area contributed by atoms with E-state index in [0.717, 1.165) is 41.9 Å². The molecule has 4 rings (SSSR count). The molecule has 2 heterocycles. The normalized spacial score (nSPS) is 18.4. The summed E-state index contributed by atoms with van der Waals surface area (Å²) in [6, 6.07) is 11.8. The van der Waals surface area contributed by atoms with Crippen molar-refractivity contribution in [2.75, 3.05) is 16.8 Å². The van der Waals surface area contributed by atoms with E-state index in [2.05, 4.69) is 26.1 Å². The molecule has 0 aromatic heterocycles. The van der Waals surface area contributed by atoms with Gasteiger partial charge in [-0.1, -0.05) is 32.9 Å². The van der Waals surface area contributed by atoms with Crippen LogP contribution in [0.4, 0.5) is 11.4 Å². The van der Waals surface area contributed by atoms with Crippen molar-refractivity contribution in [3.8, 4) is 0 Å². The van der Waals surface area contributed by atoms with E-state index in [0.29, 0.717) is 5.56 Å². The first kappa shape index (κ1) is 17.8. The molecule has 27 heavy (non-hydrogen) atoms. The summed E-state index contributed by atoms with van der Waals surface area (Å²) in [5.74, 6) is -0.0841. The molecule has 4 nitrogen and oxygen atoms in total. The third-order valence-corrected chi connectivity index (χ3v) is 5.69. The zero-order chi connectivity index (χ0) is 19.3. The summed E-state index contributed by atoms with van der Waals surface area (Å²) in [6.07, 6.45) is 1.92. The molecule has 0 unspecified atom stereocenters. The van der Waals surface area contributed by atoms with Gasteiger partial charge in [-0.05, 0) is 66.1 Å². The molecule has 0 bridgehead atoms. The maximum atomic E-state index is 12.7. The van der Waals surface area contributed by atoms with Crippen LogP contribution in [0.5, 0.6) is 0 Å². The molecular formula is C23H26N2O2. The number of amides is 2. The smallest absolute Gasteiger partial charge is 0.255 e. The molecule has 1 atom stereocenters. The van der Waals surface area contributed by atoms with E-state index in [1.807, 2.05) is 48.2 Å². The molecule has 2 aromatic rings. The summed E-state index contributed by atoms with van der Waals surface area (Å²) in [7, 11) is 0. The highest BCUT2D eigenvalue weighted by atomic mass is 16.2. The average Bonchev–Trinajstić information content (AvgIpc) is 2.88. The minimum Gasteiger partial charge on any atom is -0.322 e. The van der Waals surface area contributed by atoms with Crippen LogP contribution in [-0.4, -0.2) is 18.4 Å². The zero-order valence-corrected chi connectivity index (χ0v) is 16.4. The van der Waals surface area contributed by atoms with E-state index in [9.17, 15) is 9.59 Å². The Hall–Kier alpha value is -2.62. The van der Waals surface area contributed by atoms with Crippen molar-refractivity contribution in [3.05, 3.63) is 58.7 Å². The Morgan fingerprint density at radius 2 is 1.85 bits per heavy atom. The summed E-state index contributed by atoms with van der Waals surface area (Å²) in [5.41, 5.74) is 5.96. The third-order valence-electron chi connectivity index (χ3n) is 5.69. The molecule has 2 aliphatic heterocycles. The zero-order valence-electron chi connectivity index (χ0n) is 16.4. The molecule has 0 aliphatic carbocycles. The second-order valence-corrected chi connectivity index (χ2v) is 8.67. The molecule has 0 spiro atoms. The van der Waals surface area contributed by atoms with Crippen molar-refractivity contribution in [2.24, 2.45) is 0 Å². The van der Waals surface area contributed by atoms with Gasteiger partial charge in [0.15, 0.2) is 0 Å². The van der Waals surface area contributed by atoms with E-state index < -0.39 is 0 Å². The van der Waals surface area contributed by atoms with Gasteiger partial charge in [-0.25, -0.2) is 0 Å². The van der Waals surface area contributed by atoms with Gasteiger partial charge < -0.3 is 10.2 Å². The number of aryl methyl sites for hydroxylation is 1. The molecule has 140 valence electrons. The van der Waals surface area contributed by atoms with E-state index >= 15 is 0 Å². The Balaban J connectivity index is 1.61. The van der Waals surface area contributed by atoms with Gasteiger partial charge in [0.1, 0.15) is 0 Å². The highest BCUT2D eigenvalue weighted by Gasteiger charge is 2.37. The topological polar surface area (TPSA) is 49.4 Å². The number of anilines is 2. The Bertz CT molecular complexity index is 923. The summed E-state index contributed by atoms with van der Waals surface area (Å²) < 4.78 is 0. The van der Waals surface area contributed by atoms with Crippen LogP contribution in [0.25, 0.3) is 0 Å². The van der Waals surface area contributed by atoms with Crippen LogP contribution < -0.4 is 10.2 Å². The molecule has 0 saturated heterocycles. The van der Waals surface area contributed by atoms with Crippen LogP contribution in [0.3, 0.4) is 0 Å². The Kier molecular flexibility index (Phi) is 4.10. The monoisotopic (exact) mass is 362 g/mol. The minimum absolute atomic E-state index is 0.0617. The quantitative estimate of drug-likeness (QED) is 0.846. The van der Waals surface area contributed by atoms with Crippen LogP contribution in [0.15, 0.2) is 36.4 Å². The van der Waals surface area contributed by atoms with Crippen molar-refractivity contribution in [3.63, 3.8) is 0 Å². The van der Waals surface area contributed by atoms with Gasteiger partial charge in [0, 0.05) is 17.8 Å². The molecule has 4 heteroatoms. The van der Waals surface area contributed by atoms with Gasteiger partial charge in [0.25, 0.3) is 5.91 Å². The average molecular weight is 362 g/mol. The highest BCUT2D eigenvalue weighted by molar-refractivity contribution is 6.08. The van der Waals surface area contributed by atoms with E-state index in [-0.39, 0.29) is 23.1 Å². The molecule has 2 amide bonds. The van der Waals surface area contributed by atoms with Gasteiger partial charge in [-0.15, -0.1) is 0 Å². The second-order valence-electron chi connectivity index (χ2n) is 8.67. The molecular weight excluding hydrogens is 336 g/mol. The van der Waals surface area contributed by atoms with E-state index in [4.69, 9.17) is 0 Å². The standard InChI is InChI=1S/C23H26N2O2/c1-14-19-13-18(12-16-6-5-11-25(20(16)19)22(14)27)24-21(26)15-7-9-17(10-8-15)23(2,3)4/h7-10,12-14H,5-6,11H2,1-4H3,(H,24,26)/t14-/m1/s1. The summed E-state index contributed by atoms with van der Waals surface area (Å²) >= 11 is 0. The van der Waals surface area contributed by atoms with Crippen molar-refractivity contribution in [2.45, 2.75) is 51.9 Å². The van der Waals surface area contributed by atoms with Gasteiger partial charge in [0.05, 0.1) is 11.6 Å². The fourth-order valence-electron chi connectivity index (χ4n) is 4.09. The summed E-state index contributed by atoms with van der Waals surface area (Å²) in [4.78, 5) is 27.1. The van der Waals surface area contributed by atoms with Crippen molar-refractivity contribution >= 4 is 23.2 Å². The van der Waals surface area contributed by atoms with Crippen molar-refractivity contribution in [1.82, 2.24) is 0 Å². The molecule has 1 N–H and O–H groups in total. The predicted octanol–water partition coefficient (Wildman–Crippen LogP) is 4.63. The number of carbonyl (C=O) groups excluding carboxylic acids is 2. The lowest BCUT2D eigenvalue weighted by Crippen LogP contribution is -2.32. The predicted molar refractivity (Wildman–Crippen MR) is 109 cm³/mol. The van der Waals surface area contributed by atoms with Crippen LogP contribution >= 0.6 is 0 Å². The highest BCUT2D eigenvalue weighted by Crippen LogP contribution is 2.44. The Morgan fingerprint density at radius 1 is 1.15 bits per heavy atom. The first-order valence-corrected chi connectivity index (χ1v) is 9.66. The van der Waals surface area contributed by atoms with E-state index in [1.165, 1.54) is 5.56 Å². The lowest BCUT2D eigenvalue weighted by Gasteiger charge is -2.26. The molecule has 0 fully saturated rings. The largest absolute Gasteiger partial charge is 0.322 e. The van der Waals surface area contributed by atoms with Gasteiger partial charge in [-0.2, -0.15) is 0 Å². The summed E-state index contributed by atoms with van der Waals surface area (Å²) in [5, 5.41) is 3.03. The lowest BCUT2D eigenvalue weighted by atomic mass is 9.86. The third kappa shape index (κ3) is 3.03. The van der Waals surface area contributed by atoms with Crippen LogP contribution in [0, 0.1) is 0 Å². The maximum absolute atomic E-state index is 12.7. The number of rotatable bonds is 2. The van der Waals surface area contributed by atoms with Gasteiger partial charge in [-0.3, -0.25) is 9.59 Å². The first-order valence-electron chi connectivity index (χ1n) is 9.66. The number of nitrogens with zero attached hydrogens (tertiary/aromatic N) is 1. The number of benzene rings is 2. The number of nitrogens with one attached hydrogen (secondary N) is 1. The van der Waals surface area contributed by atoms with Crippen molar-refractivity contribution < 1.29 is 9.59 Å². The Morgan fingerprint density at radius 3 is 2.52 bits per heavy atom. The number of hydrogen-bond acceptors (Lipinski definition) is 2. The fraction of sp³-hybridized carbons (Fsp3) is 0.391. The SMILES string of the molecule is C[C@H]1C(=O)N2CCCc3cc(NC(=O)c4ccc(C(C)(C)C)cc4)cc1c32. The lowest BCUT2D eigenvalue weighted by molar-refractivity contribution is -0.119. The first-order chi connectivity index (χ1) is 12.8. The minimum atomic E-state index is -0.139.